The summed E-state index contributed by atoms with van der Waals surface area (Å²) in [6.45, 7) is 0. The minimum absolute atomic E-state index is 0.0124. The van der Waals surface area contributed by atoms with Gasteiger partial charge in [0, 0.05) is 24.0 Å². The van der Waals surface area contributed by atoms with Gasteiger partial charge in [0.1, 0.15) is 5.82 Å². The van der Waals surface area contributed by atoms with Crippen LogP contribution in [0.2, 0.25) is 0 Å². The molecule has 1 aromatic carbocycles. The normalized spacial score (nSPS) is 19.5. The SMILES string of the molecule is CN(C)[C@H]1CC[C@H](Nc2cnc(C(N)=O)c(Nc3cccc(S(C)(=O)=O)c3)n2)CC1. The topological polar surface area (TPSA) is 130 Å². The van der Waals surface area contributed by atoms with E-state index >= 15 is 0 Å². The summed E-state index contributed by atoms with van der Waals surface area (Å²) in [6, 6.07) is 7.14. The molecule has 3 rings (SSSR count). The van der Waals surface area contributed by atoms with Gasteiger partial charge in [0.15, 0.2) is 21.3 Å². The summed E-state index contributed by atoms with van der Waals surface area (Å²) in [5.74, 6) is -0.00231. The number of benzene rings is 1. The molecule has 1 aliphatic rings. The number of hydrogen-bond acceptors (Lipinski definition) is 8. The zero-order valence-corrected chi connectivity index (χ0v) is 18.2. The van der Waals surface area contributed by atoms with Crippen LogP contribution in [0.15, 0.2) is 35.4 Å². The highest BCUT2D eigenvalue weighted by Crippen LogP contribution is 2.26. The maximum atomic E-state index is 11.8. The van der Waals surface area contributed by atoms with Crippen molar-refractivity contribution in [1.82, 2.24) is 14.9 Å². The Bertz CT molecular complexity index is 1020. The second-order valence-corrected chi connectivity index (χ2v) is 9.87. The number of sulfone groups is 1. The summed E-state index contributed by atoms with van der Waals surface area (Å²) in [6.07, 6.45) is 6.86. The van der Waals surface area contributed by atoms with Gasteiger partial charge in [-0.15, -0.1) is 0 Å². The van der Waals surface area contributed by atoms with Crippen molar-refractivity contribution >= 4 is 33.1 Å². The molecule has 10 heteroatoms. The van der Waals surface area contributed by atoms with Gasteiger partial charge in [0.2, 0.25) is 0 Å². The minimum atomic E-state index is -3.37. The number of carbonyl (C=O) groups excluding carboxylic acids is 1. The third-order valence-electron chi connectivity index (χ3n) is 5.31. The first-order valence-electron chi connectivity index (χ1n) is 9.80. The first-order chi connectivity index (χ1) is 14.1. The lowest BCUT2D eigenvalue weighted by Gasteiger charge is -2.33. The molecule has 1 heterocycles. The first kappa shape index (κ1) is 22.0. The van der Waals surface area contributed by atoms with Gasteiger partial charge in [-0.2, -0.15) is 0 Å². The number of rotatable bonds is 7. The van der Waals surface area contributed by atoms with E-state index in [0.29, 0.717) is 17.5 Å². The molecule has 0 atom stereocenters. The number of nitrogens with one attached hydrogen (secondary N) is 2. The van der Waals surface area contributed by atoms with E-state index < -0.39 is 15.7 Å². The van der Waals surface area contributed by atoms with Gasteiger partial charge >= 0.3 is 0 Å². The van der Waals surface area contributed by atoms with Crippen LogP contribution in [0.5, 0.6) is 0 Å². The molecule has 0 radical (unpaired) electrons. The van der Waals surface area contributed by atoms with Crippen LogP contribution in [-0.4, -0.2) is 61.6 Å². The van der Waals surface area contributed by atoms with Gasteiger partial charge < -0.3 is 21.3 Å². The zero-order chi connectivity index (χ0) is 21.9. The molecule has 4 N–H and O–H groups in total. The van der Waals surface area contributed by atoms with Crippen LogP contribution < -0.4 is 16.4 Å². The largest absolute Gasteiger partial charge is 0.366 e. The van der Waals surface area contributed by atoms with Crippen molar-refractivity contribution < 1.29 is 13.2 Å². The summed E-state index contributed by atoms with van der Waals surface area (Å²) in [5.41, 5.74) is 5.90. The van der Waals surface area contributed by atoms with Crippen molar-refractivity contribution in [2.24, 2.45) is 5.73 Å². The van der Waals surface area contributed by atoms with Crippen LogP contribution in [0.4, 0.5) is 17.3 Å². The smallest absolute Gasteiger partial charge is 0.271 e. The van der Waals surface area contributed by atoms with Gasteiger partial charge in [-0.1, -0.05) is 6.07 Å². The lowest BCUT2D eigenvalue weighted by atomic mass is 9.90. The second kappa shape index (κ2) is 8.97. The van der Waals surface area contributed by atoms with E-state index in [0.717, 1.165) is 31.9 Å². The Morgan fingerprint density at radius 2 is 1.90 bits per heavy atom. The van der Waals surface area contributed by atoms with Crippen LogP contribution in [0.3, 0.4) is 0 Å². The molecule has 1 amide bonds. The summed E-state index contributed by atoms with van der Waals surface area (Å²) >= 11 is 0. The molecule has 1 saturated carbocycles. The number of aromatic nitrogens is 2. The Morgan fingerprint density at radius 3 is 2.50 bits per heavy atom. The third-order valence-corrected chi connectivity index (χ3v) is 6.42. The molecule has 0 aliphatic heterocycles. The predicted molar refractivity (Wildman–Crippen MR) is 117 cm³/mol. The van der Waals surface area contributed by atoms with Crippen LogP contribution >= 0.6 is 0 Å². The van der Waals surface area contributed by atoms with E-state index in [9.17, 15) is 13.2 Å². The average Bonchev–Trinajstić information content (AvgIpc) is 2.68. The standard InChI is InChI=1S/C20H28N6O3S/c1-26(2)15-9-7-13(8-10-15)23-17-12-22-18(19(21)27)20(25-17)24-14-5-4-6-16(11-14)30(3,28)29/h4-6,11-13,15H,7-10H2,1-3H3,(H2,21,27)(H2,23,24,25)/t13-,15-. The molecule has 1 fully saturated rings. The molecule has 9 nitrogen and oxygen atoms in total. The lowest BCUT2D eigenvalue weighted by Crippen LogP contribution is -2.36. The molecule has 162 valence electrons. The number of amides is 1. The van der Waals surface area contributed by atoms with Crippen LogP contribution in [0, 0.1) is 0 Å². The monoisotopic (exact) mass is 432 g/mol. The van der Waals surface area contributed by atoms with Crippen molar-refractivity contribution in [2.75, 3.05) is 31.0 Å². The number of anilines is 3. The zero-order valence-electron chi connectivity index (χ0n) is 17.4. The van der Waals surface area contributed by atoms with Crippen molar-refractivity contribution in [1.29, 1.82) is 0 Å². The van der Waals surface area contributed by atoms with E-state index in [1.807, 2.05) is 0 Å². The average molecular weight is 433 g/mol. The van der Waals surface area contributed by atoms with Crippen molar-refractivity contribution in [3.8, 4) is 0 Å². The van der Waals surface area contributed by atoms with Gasteiger partial charge in [-0.3, -0.25) is 4.79 Å². The first-order valence-corrected chi connectivity index (χ1v) is 11.7. The molecule has 30 heavy (non-hydrogen) atoms. The molecule has 0 bridgehead atoms. The molecular weight excluding hydrogens is 404 g/mol. The van der Waals surface area contributed by atoms with Gasteiger partial charge in [0.05, 0.1) is 11.1 Å². The Balaban J connectivity index is 1.80. The van der Waals surface area contributed by atoms with Gasteiger partial charge in [-0.25, -0.2) is 18.4 Å². The summed E-state index contributed by atoms with van der Waals surface area (Å²) in [5, 5.41) is 6.37. The molecular formula is C20H28N6O3S. The summed E-state index contributed by atoms with van der Waals surface area (Å²) in [4.78, 5) is 22.9. The van der Waals surface area contributed by atoms with Crippen LogP contribution in [0.25, 0.3) is 0 Å². The highest BCUT2D eigenvalue weighted by molar-refractivity contribution is 7.90. The molecule has 2 aromatic rings. The fraction of sp³-hybridized carbons (Fsp3) is 0.450. The Labute approximate surface area is 177 Å². The maximum Gasteiger partial charge on any atom is 0.271 e. The van der Waals surface area contributed by atoms with E-state index in [4.69, 9.17) is 5.73 Å². The number of carbonyl (C=O) groups is 1. The van der Waals surface area contributed by atoms with E-state index in [-0.39, 0.29) is 22.4 Å². The fourth-order valence-corrected chi connectivity index (χ4v) is 4.28. The maximum absolute atomic E-state index is 11.8. The quantitative estimate of drug-likeness (QED) is 0.606. The van der Waals surface area contributed by atoms with Crippen molar-refractivity contribution in [3.05, 3.63) is 36.2 Å². The molecule has 1 aromatic heterocycles. The molecule has 0 unspecified atom stereocenters. The Kier molecular flexibility index (Phi) is 6.57. The number of nitrogens with zero attached hydrogens (tertiary/aromatic N) is 3. The highest BCUT2D eigenvalue weighted by atomic mass is 32.2. The number of primary amides is 1. The van der Waals surface area contributed by atoms with Crippen LogP contribution in [-0.2, 0) is 9.84 Å². The predicted octanol–water partition coefficient (Wildman–Crippen LogP) is 2.01. The third kappa shape index (κ3) is 5.45. The highest BCUT2D eigenvalue weighted by Gasteiger charge is 2.23. The lowest BCUT2D eigenvalue weighted by molar-refractivity contribution is 0.0996. The van der Waals surface area contributed by atoms with E-state index in [1.165, 1.54) is 18.3 Å². The van der Waals surface area contributed by atoms with E-state index in [2.05, 4.69) is 39.6 Å². The second-order valence-electron chi connectivity index (χ2n) is 7.86. The van der Waals surface area contributed by atoms with Gasteiger partial charge in [0.25, 0.3) is 5.91 Å². The van der Waals surface area contributed by atoms with E-state index in [1.54, 1.807) is 12.1 Å². The molecule has 1 aliphatic carbocycles. The fourth-order valence-electron chi connectivity index (χ4n) is 3.61. The number of nitrogens with two attached hydrogens (primary N) is 1. The Morgan fingerprint density at radius 1 is 1.20 bits per heavy atom. The minimum Gasteiger partial charge on any atom is -0.366 e. The Hall–Kier alpha value is -2.72. The van der Waals surface area contributed by atoms with Crippen molar-refractivity contribution in [2.45, 2.75) is 42.7 Å². The molecule has 0 saturated heterocycles. The molecule has 0 spiro atoms. The number of hydrogen-bond donors (Lipinski definition) is 3. The summed E-state index contributed by atoms with van der Waals surface area (Å²) < 4.78 is 23.6. The summed E-state index contributed by atoms with van der Waals surface area (Å²) in [7, 11) is 0.835. The van der Waals surface area contributed by atoms with Crippen molar-refractivity contribution in [3.63, 3.8) is 0 Å². The van der Waals surface area contributed by atoms with Gasteiger partial charge in [-0.05, 0) is 58.0 Å². The van der Waals surface area contributed by atoms with Crippen LogP contribution in [0.1, 0.15) is 36.2 Å².